The van der Waals surface area contributed by atoms with Crippen LogP contribution in [0.3, 0.4) is 0 Å². The lowest BCUT2D eigenvalue weighted by Crippen LogP contribution is -2.43. The number of carbonyl (C=O) groups excluding carboxylic acids is 1. The Kier molecular flexibility index (Phi) is 4.14. The molecule has 0 aromatic heterocycles. The standard InChI is InChI=1S/C16H20Cl2NO/c17-13-7-6-12(10-14(13)18)19-15(20)16(11-4-5-11)8-2-1-3-9-16/h6,10-11H,1-5,7-9H2,(H,19,20). The van der Waals surface area contributed by atoms with Crippen molar-refractivity contribution in [1.82, 2.24) is 5.32 Å². The van der Waals surface area contributed by atoms with Gasteiger partial charge in [-0.05, 0) is 44.1 Å². The van der Waals surface area contributed by atoms with Crippen LogP contribution in [0.25, 0.3) is 0 Å². The molecule has 2 nitrogen and oxygen atoms in total. The van der Waals surface area contributed by atoms with Gasteiger partial charge in [-0.25, -0.2) is 0 Å². The molecular weight excluding hydrogens is 293 g/mol. The molecule has 4 heteroatoms. The summed E-state index contributed by atoms with van der Waals surface area (Å²) in [6.45, 7) is 0. The van der Waals surface area contributed by atoms with Crippen molar-refractivity contribution in [3.05, 3.63) is 28.3 Å². The number of allylic oxidation sites excluding steroid dienone is 4. The zero-order valence-corrected chi connectivity index (χ0v) is 13.1. The molecule has 0 aromatic rings. The first-order valence-corrected chi connectivity index (χ1v) is 8.28. The van der Waals surface area contributed by atoms with Crippen LogP contribution in [0, 0.1) is 17.8 Å². The van der Waals surface area contributed by atoms with E-state index in [1.807, 2.05) is 6.42 Å². The van der Waals surface area contributed by atoms with Crippen LogP contribution in [-0.2, 0) is 4.79 Å². The van der Waals surface area contributed by atoms with Crippen molar-refractivity contribution in [1.29, 1.82) is 0 Å². The molecule has 0 saturated heterocycles. The average Bonchev–Trinajstić information content (AvgIpc) is 3.28. The molecule has 2 saturated carbocycles. The zero-order chi connectivity index (χ0) is 14.2. The number of carbonyl (C=O) groups is 1. The van der Waals surface area contributed by atoms with Crippen LogP contribution in [0.2, 0.25) is 0 Å². The van der Waals surface area contributed by atoms with Gasteiger partial charge in [0.1, 0.15) is 0 Å². The maximum Gasteiger partial charge on any atom is 0.230 e. The highest BCUT2D eigenvalue weighted by molar-refractivity contribution is 6.40. The second-order valence-corrected chi connectivity index (χ2v) is 7.07. The Bertz CT molecular complexity index is 471. The third-order valence-electron chi connectivity index (χ3n) is 4.86. The van der Waals surface area contributed by atoms with E-state index in [0.717, 1.165) is 18.5 Å². The molecule has 109 valence electrons. The lowest BCUT2D eigenvalue weighted by Gasteiger charge is -2.36. The number of amides is 1. The first-order valence-electron chi connectivity index (χ1n) is 7.52. The average molecular weight is 313 g/mol. The molecule has 3 aliphatic carbocycles. The van der Waals surface area contributed by atoms with Gasteiger partial charge in [-0.15, -0.1) is 0 Å². The van der Waals surface area contributed by atoms with Gasteiger partial charge in [-0.2, -0.15) is 0 Å². The van der Waals surface area contributed by atoms with Crippen LogP contribution in [0.1, 0.15) is 51.4 Å². The van der Waals surface area contributed by atoms with Crippen molar-refractivity contribution in [3.63, 3.8) is 0 Å². The number of nitrogens with one attached hydrogen (secondary N) is 1. The molecule has 0 unspecified atom stereocenters. The quantitative estimate of drug-likeness (QED) is 0.807. The van der Waals surface area contributed by atoms with E-state index in [2.05, 4.69) is 5.32 Å². The monoisotopic (exact) mass is 312 g/mol. The van der Waals surface area contributed by atoms with E-state index in [-0.39, 0.29) is 11.3 Å². The molecular formula is C16H20Cl2NO. The largest absolute Gasteiger partial charge is 0.329 e. The smallest absolute Gasteiger partial charge is 0.230 e. The van der Waals surface area contributed by atoms with Crippen molar-refractivity contribution in [2.45, 2.75) is 51.4 Å². The number of rotatable bonds is 3. The summed E-state index contributed by atoms with van der Waals surface area (Å²) in [4.78, 5) is 12.8. The van der Waals surface area contributed by atoms with Gasteiger partial charge in [-0.1, -0.05) is 42.5 Å². The predicted octanol–water partition coefficient (Wildman–Crippen LogP) is 4.64. The van der Waals surface area contributed by atoms with Crippen molar-refractivity contribution < 1.29 is 4.79 Å². The molecule has 0 atom stereocenters. The van der Waals surface area contributed by atoms with Gasteiger partial charge >= 0.3 is 0 Å². The molecule has 20 heavy (non-hydrogen) atoms. The minimum Gasteiger partial charge on any atom is -0.329 e. The molecule has 1 N–H and O–H groups in total. The van der Waals surface area contributed by atoms with Crippen LogP contribution >= 0.6 is 23.2 Å². The fourth-order valence-electron chi connectivity index (χ4n) is 3.55. The molecule has 0 spiro atoms. The highest BCUT2D eigenvalue weighted by Crippen LogP contribution is 2.53. The van der Waals surface area contributed by atoms with E-state index in [9.17, 15) is 4.79 Å². The summed E-state index contributed by atoms with van der Waals surface area (Å²) in [7, 11) is 0. The van der Waals surface area contributed by atoms with Gasteiger partial charge in [0.15, 0.2) is 0 Å². The van der Waals surface area contributed by atoms with E-state index in [0.29, 0.717) is 22.4 Å². The summed E-state index contributed by atoms with van der Waals surface area (Å²) in [5.41, 5.74) is 0.680. The highest BCUT2D eigenvalue weighted by Gasteiger charge is 2.50. The maximum atomic E-state index is 12.8. The summed E-state index contributed by atoms with van der Waals surface area (Å²) < 4.78 is 0. The first kappa shape index (κ1) is 14.5. The van der Waals surface area contributed by atoms with Gasteiger partial charge in [-0.3, -0.25) is 4.79 Å². The number of hydrogen-bond acceptors (Lipinski definition) is 1. The van der Waals surface area contributed by atoms with E-state index in [4.69, 9.17) is 23.2 Å². The van der Waals surface area contributed by atoms with Crippen molar-refractivity contribution >= 4 is 29.1 Å². The zero-order valence-electron chi connectivity index (χ0n) is 11.6. The molecule has 0 bridgehead atoms. The van der Waals surface area contributed by atoms with Crippen LogP contribution < -0.4 is 5.32 Å². The highest BCUT2D eigenvalue weighted by atomic mass is 35.5. The minimum absolute atomic E-state index is 0.121. The van der Waals surface area contributed by atoms with Gasteiger partial charge in [0.05, 0.1) is 10.4 Å². The Morgan fingerprint density at radius 2 is 1.90 bits per heavy atom. The summed E-state index contributed by atoms with van der Waals surface area (Å²) in [6, 6.07) is 0. The van der Waals surface area contributed by atoms with Crippen LogP contribution in [-0.4, -0.2) is 5.91 Å². The SMILES string of the molecule is O=C(NC1=CC(Cl)=C(Cl)C[CH]1)C1(C2CC2)CCCCC1. The third kappa shape index (κ3) is 2.78. The summed E-state index contributed by atoms with van der Waals surface area (Å²) >= 11 is 12.0. The molecule has 3 rings (SSSR count). The molecule has 2 fully saturated rings. The molecule has 0 heterocycles. The van der Waals surface area contributed by atoms with Crippen molar-refractivity contribution in [3.8, 4) is 0 Å². The second-order valence-electron chi connectivity index (χ2n) is 6.21. The van der Waals surface area contributed by atoms with Crippen LogP contribution in [0.15, 0.2) is 21.8 Å². The van der Waals surface area contributed by atoms with Gasteiger partial charge in [0.2, 0.25) is 5.91 Å². The van der Waals surface area contributed by atoms with Crippen molar-refractivity contribution in [2.24, 2.45) is 11.3 Å². The summed E-state index contributed by atoms with van der Waals surface area (Å²) in [5.74, 6) is 0.797. The van der Waals surface area contributed by atoms with E-state index >= 15 is 0 Å². The van der Waals surface area contributed by atoms with Crippen LogP contribution in [0.5, 0.6) is 0 Å². The molecule has 0 aliphatic heterocycles. The lowest BCUT2D eigenvalue weighted by atomic mass is 9.69. The first-order chi connectivity index (χ1) is 9.62. The Labute approximate surface area is 130 Å². The Morgan fingerprint density at radius 1 is 1.20 bits per heavy atom. The van der Waals surface area contributed by atoms with Crippen LogP contribution in [0.4, 0.5) is 0 Å². The third-order valence-corrected chi connectivity index (χ3v) is 5.65. The summed E-state index contributed by atoms with van der Waals surface area (Å²) in [5, 5.41) is 4.26. The molecule has 3 aliphatic rings. The maximum absolute atomic E-state index is 12.8. The number of halogens is 2. The fraction of sp³-hybridized carbons (Fsp3) is 0.625. The molecule has 0 aromatic carbocycles. The lowest BCUT2D eigenvalue weighted by molar-refractivity contribution is -0.133. The van der Waals surface area contributed by atoms with E-state index in [1.54, 1.807) is 6.08 Å². The topological polar surface area (TPSA) is 29.1 Å². The Balaban J connectivity index is 1.73. The fourth-order valence-corrected chi connectivity index (χ4v) is 3.88. The van der Waals surface area contributed by atoms with E-state index in [1.165, 1.54) is 32.1 Å². The van der Waals surface area contributed by atoms with Gasteiger partial charge in [0.25, 0.3) is 0 Å². The second kappa shape index (κ2) is 5.73. The van der Waals surface area contributed by atoms with Crippen molar-refractivity contribution in [2.75, 3.05) is 0 Å². The molecule has 1 radical (unpaired) electrons. The van der Waals surface area contributed by atoms with E-state index < -0.39 is 0 Å². The molecule has 1 amide bonds. The van der Waals surface area contributed by atoms with Gasteiger partial charge in [0, 0.05) is 17.2 Å². The minimum atomic E-state index is -0.121. The normalized spacial score (nSPS) is 26.2. The Hall–Kier alpha value is -0.470. The predicted molar refractivity (Wildman–Crippen MR) is 82.1 cm³/mol. The van der Waals surface area contributed by atoms with Gasteiger partial charge < -0.3 is 5.32 Å². The Morgan fingerprint density at radius 3 is 2.50 bits per heavy atom. The number of hydrogen-bond donors (Lipinski definition) is 1. The summed E-state index contributed by atoms with van der Waals surface area (Å²) in [6.07, 6.45) is 12.4.